The van der Waals surface area contributed by atoms with Crippen LogP contribution in [-0.2, 0) is 9.53 Å². The fourth-order valence-corrected chi connectivity index (χ4v) is 1.68. The van der Waals surface area contributed by atoms with Gasteiger partial charge in [0, 0.05) is 4.47 Å². The summed E-state index contributed by atoms with van der Waals surface area (Å²) >= 11 is 3.35. The fraction of sp³-hybridized carbons (Fsp3) is 0.364. The molecule has 0 saturated carbocycles. The summed E-state index contributed by atoms with van der Waals surface area (Å²) in [4.78, 5) is 11.4. The van der Waals surface area contributed by atoms with E-state index < -0.39 is 12.0 Å². The Morgan fingerprint density at radius 2 is 2.27 bits per heavy atom. The summed E-state index contributed by atoms with van der Waals surface area (Å²) in [5.74, 6) is -0.390. The zero-order valence-electron chi connectivity index (χ0n) is 8.79. The van der Waals surface area contributed by atoms with Gasteiger partial charge in [-0.3, -0.25) is 0 Å². The average molecular weight is 272 g/mol. The molecule has 0 aliphatic rings. The van der Waals surface area contributed by atoms with Gasteiger partial charge in [-0.1, -0.05) is 22.0 Å². The molecular weight excluding hydrogens is 258 g/mol. The van der Waals surface area contributed by atoms with Gasteiger partial charge < -0.3 is 10.5 Å². The van der Waals surface area contributed by atoms with E-state index in [0.29, 0.717) is 6.61 Å². The lowest BCUT2D eigenvalue weighted by Gasteiger charge is -2.13. The third-order valence-electron chi connectivity index (χ3n) is 2.12. The van der Waals surface area contributed by atoms with E-state index in [9.17, 15) is 4.79 Å². The van der Waals surface area contributed by atoms with E-state index in [0.717, 1.165) is 15.6 Å². The minimum atomic E-state index is -0.706. The Balaban J connectivity index is 2.94. The van der Waals surface area contributed by atoms with E-state index in [1.54, 1.807) is 6.92 Å². The number of aryl methyl sites for hydroxylation is 1. The number of nitrogens with two attached hydrogens (primary N) is 1. The van der Waals surface area contributed by atoms with Crippen molar-refractivity contribution in [1.29, 1.82) is 0 Å². The van der Waals surface area contributed by atoms with Crippen LogP contribution in [0.1, 0.15) is 24.1 Å². The second kappa shape index (κ2) is 5.28. The van der Waals surface area contributed by atoms with Crippen LogP contribution in [0.2, 0.25) is 0 Å². The normalized spacial score (nSPS) is 12.3. The lowest BCUT2D eigenvalue weighted by molar-refractivity contribution is -0.144. The molecule has 82 valence electrons. The topological polar surface area (TPSA) is 52.3 Å². The van der Waals surface area contributed by atoms with E-state index in [1.807, 2.05) is 25.1 Å². The lowest BCUT2D eigenvalue weighted by Crippen LogP contribution is -2.24. The van der Waals surface area contributed by atoms with Crippen LogP contribution in [0.5, 0.6) is 0 Å². The molecule has 3 nitrogen and oxygen atoms in total. The smallest absolute Gasteiger partial charge is 0.327 e. The van der Waals surface area contributed by atoms with Gasteiger partial charge >= 0.3 is 5.97 Å². The Bertz CT molecular complexity index is 366. The molecule has 0 aromatic heterocycles. The molecule has 0 saturated heterocycles. The number of hydrogen-bond donors (Lipinski definition) is 1. The van der Waals surface area contributed by atoms with Crippen molar-refractivity contribution in [3.05, 3.63) is 33.8 Å². The number of carbonyl (C=O) groups is 1. The molecule has 0 spiro atoms. The third kappa shape index (κ3) is 3.04. The van der Waals surface area contributed by atoms with Gasteiger partial charge in [0.05, 0.1) is 6.61 Å². The van der Waals surface area contributed by atoms with Crippen LogP contribution in [0, 0.1) is 6.92 Å². The average Bonchev–Trinajstić information content (AvgIpc) is 2.21. The van der Waals surface area contributed by atoms with Gasteiger partial charge in [0.1, 0.15) is 6.04 Å². The van der Waals surface area contributed by atoms with Gasteiger partial charge in [0.2, 0.25) is 0 Å². The van der Waals surface area contributed by atoms with Crippen molar-refractivity contribution >= 4 is 21.9 Å². The number of rotatable bonds is 3. The van der Waals surface area contributed by atoms with Crippen LogP contribution >= 0.6 is 15.9 Å². The summed E-state index contributed by atoms with van der Waals surface area (Å²) in [6, 6.07) is 4.97. The molecule has 1 rings (SSSR count). The molecular formula is C11H14BrNO2. The van der Waals surface area contributed by atoms with Crippen LogP contribution in [-0.4, -0.2) is 12.6 Å². The summed E-state index contributed by atoms with van der Waals surface area (Å²) in [6.45, 7) is 4.03. The summed E-state index contributed by atoms with van der Waals surface area (Å²) in [6.07, 6.45) is 0. The number of halogens is 1. The fourth-order valence-electron chi connectivity index (χ4n) is 1.31. The van der Waals surface area contributed by atoms with Gasteiger partial charge in [-0.15, -0.1) is 0 Å². The lowest BCUT2D eigenvalue weighted by atomic mass is 10.0. The first-order chi connectivity index (χ1) is 7.06. The molecule has 1 atom stereocenters. The molecule has 0 heterocycles. The molecule has 1 unspecified atom stereocenters. The van der Waals surface area contributed by atoms with E-state index in [-0.39, 0.29) is 0 Å². The van der Waals surface area contributed by atoms with Crippen molar-refractivity contribution in [1.82, 2.24) is 0 Å². The van der Waals surface area contributed by atoms with Crippen molar-refractivity contribution in [3.8, 4) is 0 Å². The number of ether oxygens (including phenoxy) is 1. The maximum atomic E-state index is 11.4. The highest BCUT2D eigenvalue weighted by Gasteiger charge is 2.18. The highest BCUT2D eigenvalue weighted by molar-refractivity contribution is 9.10. The van der Waals surface area contributed by atoms with Gasteiger partial charge in [-0.25, -0.2) is 4.79 Å². The zero-order chi connectivity index (χ0) is 11.4. The molecule has 0 radical (unpaired) electrons. The molecule has 1 aromatic carbocycles. The first kappa shape index (κ1) is 12.2. The molecule has 0 amide bonds. The Hall–Kier alpha value is -0.870. The summed E-state index contributed by atoms with van der Waals surface area (Å²) in [5, 5.41) is 0. The minimum absolute atomic E-state index is 0.347. The quantitative estimate of drug-likeness (QED) is 0.859. The highest BCUT2D eigenvalue weighted by atomic mass is 79.9. The van der Waals surface area contributed by atoms with Crippen molar-refractivity contribution < 1.29 is 9.53 Å². The van der Waals surface area contributed by atoms with Crippen LogP contribution in [0.15, 0.2) is 22.7 Å². The highest BCUT2D eigenvalue weighted by Crippen LogP contribution is 2.21. The van der Waals surface area contributed by atoms with Gasteiger partial charge in [-0.05, 0) is 37.1 Å². The minimum Gasteiger partial charge on any atom is -0.465 e. The van der Waals surface area contributed by atoms with E-state index in [4.69, 9.17) is 10.5 Å². The predicted molar refractivity (Wildman–Crippen MR) is 62.4 cm³/mol. The van der Waals surface area contributed by atoms with E-state index in [1.165, 1.54) is 0 Å². The maximum Gasteiger partial charge on any atom is 0.327 e. The maximum absolute atomic E-state index is 11.4. The van der Waals surface area contributed by atoms with Crippen LogP contribution in [0.3, 0.4) is 0 Å². The number of hydrogen-bond acceptors (Lipinski definition) is 3. The Kier molecular flexibility index (Phi) is 4.29. The van der Waals surface area contributed by atoms with Crippen LogP contribution < -0.4 is 5.73 Å². The number of carbonyl (C=O) groups excluding carboxylic acids is 1. The standard InChI is InChI=1S/C11H14BrNO2/c1-3-15-11(14)10(13)9-6-8(12)5-4-7(9)2/h4-6,10H,3,13H2,1-2H3. The second-order valence-corrected chi connectivity index (χ2v) is 4.15. The van der Waals surface area contributed by atoms with Gasteiger partial charge in [-0.2, -0.15) is 0 Å². The SMILES string of the molecule is CCOC(=O)C(N)c1cc(Br)ccc1C. The molecule has 2 N–H and O–H groups in total. The molecule has 15 heavy (non-hydrogen) atoms. The Morgan fingerprint density at radius 1 is 1.60 bits per heavy atom. The van der Waals surface area contributed by atoms with Crippen molar-refractivity contribution in [2.45, 2.75) is 19.9 Å². The van der Waals surface area contributed by atoms with Crippen molar-refractivity contribution in [2.24, 2.45) is 5.73 Å². The van der Waals surface area contributed by atoms with Crippen LogP contribution in [0.25, 0.3) is 0 Å². The number of benzene rings is 1. The van der Waals surface area contributed by atoms with E-state index >= 15 is 0 Å². The van der Waals surface area contributed by atoms with Crippen LogP contribution in [0.4, 0.5) is 0 Å². The molecule has 4 heteroatoms. The Morgan fingerprint density at radius 3 is 2.87 bits per heavy atom. The van der Waals surface area contributed by atoms with Gasteiger partial charge in [0.15, 0.2) is 0 Å². The first-order valence-corrected chi connectivity index (χ1v) is 5.53. The predicted octanol–water partition coefficient (Wildman–Crippen LogP) is 2.32. The third-order valence-corrected chi connectivity index (χ3v) is 2.61. The molecule has 0 fully saturated rings. The zero-order valence-corrected chi connectivity index (χ0v) is 10.4. The summed E-state index contributed by atoms with van der Waals surface area (Å²) < 4.78 is 5.78. The second-order valence-electron chi connectivity index (χ2n) is 3.23. The van der Waals surface area contributed by atoms with Gasteiger partial charge in [0.25, 0.3) is 0 Å². The monoisotopic (exact) mass is 271 g/mol. The molecule has 0 aliphatic heterocycles. The summed E-state index contributed by atoms with van der Waals surface area (Å²) in [7, 11) is 0. The summed E-state index contributed by atoms with van der Waals surface area (Å²) in [5.41, 5.74) is 7.58. The molecule has 0 aliphatic carbocycles. The van der Waals surface area contributed by atoms with Crippen molar-refractivity contribution in [3.63, 3.8) is 0 Å². The Labute approximate surface area is 97.7 Å². The largest absolute Gasteiger partial charge is 0.465 e. The number of esters is 1. The van der Waals surface area contributed by atoms with E-state index in [2.05, 4.69) is 15.9 Å². The molecule has 1 aromatic rings. The van der Waals surface area contributed by atoms with Crippen molar-refractivity contribution in [2.75, 3.05) is 6.61 Å². The molecule has 0 bridgehead atoms. The first-order valence-electron chi connectivity index (χ1n) is 4.74.